The minimum atomic E-state index is -0.979. The van der Waals surface area contributed by atoms with Gasteiger partial charge in [0.15, 0.2) is 0 Å². The van der Waals surface area contributed by atoms with Crippen LogP contribution in [0.3, 0.4) is 0 Å². The third-order valence-corrected chi connectivity index (χ3v) is 4.95. The van der Waals surface area contributed by atoms with Gasteiger partial charge in [-0.25, -0.2) is 4.79 Å². The van der Waals surface area contributed by atoms with Gasteiger partial charge in [0, 0.05) is 17.8 Å². The largest absolute Gasteiger partial charge is 0.488 e. The highest BCUT2D eigenvalue weighted by Gasteiger charge is 2.18. The molecule has 0 heterocycles. The zero-order valence-corrected chi connectivity index (χ0v) is 14.4. The van der Waals surface area contributed by atoms with Gasteiger partial charge in [-0.15, -0.1) is 0 Å². The van der Waals surface area contributed by atoms with Crippen molar-refractivity contribution >= 4 is 22.4 Å². The maximum absolute atomic E-state index is 11.5. The molecule has 4 rings (SSSR count). The third-order valence-electron chi connectivity index (χ3n) is 4.95. The van der Waals surface area contributed by atoms with Crippen LogP contribution in [0.2, 0.25) is 0 Å². The molecule has 4 heteroatoms. The zero-order chi connectivity index (χ0) is 17.9. The predicted molar refractivity (Wildman–Crippen MR) is 103 cm³/mol. The number of carboxylic acid groups (broad SMARTS) is 1. The van der Waals surface area contributed by atoms with Crippen molar-refractivity contribution in [3.05, 3.63) is 71.8 Å². The second-order valence-corrected chi connectivity index (χ2v) is 6.72. The number of hydrogen-bond acceptors (Lipinski definition) is 3. The summed E-state index contributed by atoms with van der Waals surface area (Å²) in [6.45, 7) is 0.328. The molecule has 1 aliphatic carbocycles. The molecular weight excluding hydrogens is 326 g/mol. The van der Waals surface area contributed by atoms with Crippen molar-refractivity contribution in [3.63, 3.8) is 0 Å². The Bertz CT molecular complexity index is 942. The highest BCUT2D eigenvalue weighted by Crippen LogP contribution is 2.29. The lowest BCUT2D eigenvalue weighted by atomic mass is 9.93. The zero-order valence-electron chi connectivity index (χ0n) is 14.4. The lowest BCUT2D eigenvalue weighted by Crippen LogP contribution is -2.26. The number of carboxylic acids is 1. The molecule has 1 fully saturated rings. The number of carbonyl (C=O) groups is 1. The molecule has 0 spiro atoms. The SMILES string of the molecule is O=C(O)c1ccc(NC2CCC2)cc1OCc1cccc2ccccc12. The van der Waals surface area contributed by atoms with Gasteiger partial charge in [-0.1, -0.05) is 42.5 Å². The Hall–Kier alpha value is -3.01. The number of fused-ring (bicyclic) bond motifs is 1. The Kier molecular flexibility index (Phi) is 4.48. The number of ether oxygens (including phenoxy) is 1. The van der Waals surface area contributed by atoms with E-state index in [0.717, 1.165) is 34.9 Å². The van der Waals surface area contributed by atoms with Gasteiger partial charge < -0.3 is 15.2 Å². The second kappa shape index (κ2) is 7.08. The Balaban J connectivity index is 1.59. The Morgan fingerprint density at radius 2 is 1.88 bits per heavy atom. The summed E-state index contributed by atoms with van der Waals surface area (Å²) in [5, 5.41) is 15.2. The number of hydrogen-bond donors (Lipinski definition) is 2. The van der Waals surface area contributed by atoms with Gasteiger partial charge in [-0.2, -0.15) is 0 Å². The normalized spacial score (nSPS) is 14.0. The average molecular weight is 347 g/mol. The molecule has 132 valence electrons. The van der Waals surface area contributed by atoms with Crippen LogP contribution >= 0.6 is 0 Å². The van der Waals surface area contributed by atoms with Crippen molar-refractivity contribution in [2.75, 3.05) is 5.32 Å². The lowest BCUT2D eigenvalue weighted by Gasteiger charge is -2.27. The van der Waals surface area contributed by atoms with Crippen LogP contribution in [-0.2, 0) is 6.61 Å². The van der Waals surface area contributed by atoms with Gasteiger partial charge in [0.2, 0.25) is 0 Å². The van der Waals surface area contributed by atoms with Crippen LogP contribution in [0.25, 0.3) is 10.8 Å². The predicted octanol–water partition coefficient (Wildman–Crippen LogP) is 5.08. The molecule has 0 atom stereocenters. The maximum Gasteiger partial charge on any atom is 0.339 e. The van der Waals surface area contributed by atoms with Crippen molar-refractivity contribution in [1.82, 2.24) is 0 Å². The summed E-state index contributed by atoms with van der Waals surface area (Å²) >= 11 is 0. The van der Waals surface area contributed by atoms with Crippen molar-refractivity contribution in [2.45, 2.75) is 31.9 Å². The third kappa shape index (κ3) is 3.36. The Labute approximate surface area is 152 Å². The van der Waals surface area contributed by atoms with Crippen molar-refractivity contribution < 1.29 is 14.6 Å². The number of rotatable bonds is 6. The maximum atomic E-state index is 11.5. The molecule has 0 aromatic heterocycles. The fourth-order valence-electron chi connectivity index (χ4n) is 3.27. The summed E-state index contributed by atoms with van der Waals surface area (Å²) in [6, 6.07) is 19.9. The van der Waals surface area contributed by atoms with E-state index in [1.165, 1.54) is 6.42 Å². The topological polar surface area (TPSA) is 58.6 Å². The number of benzene rings is 3. The summed E-state index contributed by atoms with van der Waals surface area (Å²) < 4.78 is 5.95. The van der Waals surface area contributed by atoms with E-state index in [2.05, 4.69) is 23.5 Å². The number of anilines is 1. The molecule has 0 aliphatic heterocycles. The first-order valence-corrected chi connectivity index (χ1v) is 8.94. The first kappa shape index (κ1) is 16.5. The highest BCUT2D eigenvalue weighted by molar-refractivity contribution is 5.91. The van der Waals surface area contributed by atoms with Crippen LogP contribution < -0.4 is 10.1 Å². The average Bonchev–Trinajstić information content (AvgIpc) is 2.63. The van der Waals surface area contributed by atoms with Crippen LogP contribution in [0, 0.1) is 0 Å². The van der Waals surface area contributed by atoms with Gasteiger partial charge in [0.1, 0.15) is 17.9 Å². The second-order valence-electron chi connectivity index (χ2n) is 6.72. The summed E-state index contributed by atoms with van der Waals surface area (Å²) in [6.07, 6.45) is 3.56. The fourth-order valence-corrected chi connectivity index (χ4v) is 3.27. The standard InChI is InChI=1S/C22H21NO3/c24-22(25)20-12-11-18(23-17-8-4-9-17)13-21(20)26-14-16-7-3-6-15-5-1-2-10-19(15)16/h1-3,5-7,10-13,17,23H,4,8-9,14H2,(H,24,25). The van der Waals surface area contributed by atoms with Crippen molar-refractivity contribution in [3.8, 4) is 5.75 Å². The van der Waals surface area contributed by atoms with Crippen LogP contribution in [0.4, 0.5) is 5.69 Å². The number of nitrogens with one attached hydrogen (secondary N) is 1. The molecule has 1 saturated carbocycles. The van der Waals surface area contributed by atoms with E-state index in [0.29, 0.717) is 18.4 Å². The molecule has 0 bridgehead atoms. The van der Waals surface area contributed by atoms with E-state index in [4.69, 9.17) is 4.74 Å². The van der Waals surface area contributed by atoms with Gasteiger partial charge in [-0.3, -0.25) is 0 Å². The first-order valence-electron chi connectivity index (χ1n) is 8.94. The molecular formula is C22H21NO3. The summed E-state index contributed by atoms with van der Waals surface area (Å²) in [4.78, 5) is 11.5. The van der Waals surface area contributed by atoms with E-state index in [1.807, 2.05) is 30.3 Å². The minimum absolute atomic E-state index is 0.185. The van der Waals surface area contributed by atoms with Crippen LogP contribution in [0.5, 0.6) is 5.75 Å². The molecule has 0 saturated heterocycles. The van der Waals surface area contributed by atoms with Gasteiger partial charge >= 0.3 is 5.97 Å². The molecule has 3 aromatic carbocycles. The van der Waals surface area contributed by atoms with E-state index < -0.39 is 5.97 Å². The lowest BCUT2D eigenvalue weighted by molar-refractivity contribution is 0.0692. The van der Waals surface area contributed by atoms with Crippen LogP contribution in [0.15, 0.2) is 60.7 Å². The number of aromatic carboxylic acids is 1. The van der Waals surface area contributed by atoms with Crippen molar-refractivity contribution in [1.29, 1.82) is 0 Å². The van der Waals surface area contributed by atoms with E-state index in [1.54, 1.807) is 12.1 Å². The molecule has 0 unspecified atom stereocenters. The van der Waals surface area contributed by atoms with Crippen molar-refractivity contribution in [2.24, 2.45) is 0 Å². The van der Waals surface area contributed by atoms with Gasteiger partial charge in [0.05, 0.1) is 0 Å². The minimum Gasteiger partial charge on any atom is -0.488 e. The van der Waals surface area contributed by atoms with Gasteiger partial charge in [0.25, 0.3) is 0 Å². The van der Waals surface area contributed by atoms with Gasteiger partial charge in [-0.05, 0) is 47.7 Å². The smallest absolute Gasteiger partial charge is 0.339 e. The molecule has 26 heavy (non-hydrogen) atoms. The van der Waals surface area contributed by atoms with Crippen LogP contribution in [-0.4, -0.2) is 17.1 Å². The monoisotopic (exact) mass is 347 g/mol. The molecule has 3 aromatic rings. The molecule has 0 radical (unpaired) electrons. The van der Waals surface area contributed by atoms with E-state index in [9.17, 15) is 9.90 Å². The first-order chi connectivity index (χ1) is 12.7. The quantitative estimate of drug-likeness (QED) is 0.653. The van der Waals surface area contributed by atoms with Crippen LogP contribution in [0.1, 0.15) is 35.2 Å². The summed E-state index contributed by atoms with van der Waals surface area (Å²) in [7, 11) is 0. The Morgan fingerprint density at radius 1 is 1.08 bits per heavy atom. The Morgan fingerprint density at radius 3 is 2.65 bits per heavy atom. The van der Waals surface area contributed by atoms with E-state index >= 15 is 0 Å². The highest BCUT2D eigenvalue weighted by atomic mass is 16.5. The summed E-state index contributed by atoms with van der Waals surface area (Å²) in [5.74, 6) is -0.581. The molecule has 2 N–H and O–H groups in total. The fraction of sp³-hybridized carbons (Fsp3) is 0.227. The van der Waals surface area contributed by atoms with E-state index in [-0.39, 0.29) is 5.56 Å². The molecule has 1 aliphatic rings. The molecule has 4 nitrogen and oxygen atoms in total. The molecule has 0 amide bonds. The summed E-state index contributed by atoms with van der Waals surface area (Å²) in [5.41, 5.74) is 2.13.